The first-order chi connectivity index (χ1) is 13.3. The second kappa shape index (κ2) is 6.79. The van der Waals surface area contributed by atoms with E-state index in [0.29, 0.717) is 18.6 Å². The number of nitrogens with one attached hydrogen (secondary N) is 1. The number of sulfonamides is 1. The third kappa shape index (κ3) is 3.22. The molecule has 2 aliphatic rings. The molecule has 1 amide bonds. The number of aryl methyl sites for hydroxylation is 1. The summed E-state index contributed by atoms with van der Waals surface area (Å²) in [6, 6.07) is 12.9. The van der Waals surface area contributed by atoms with Gasteiger partial charge in [-0.25, -0.2) is 12.8 Å². The summed E-state index contributed by atoms with van der Waals surface area (Å²) >= 11 is 0. The van der Waals surface area contributed by atoms with Crippen LogP contribution in [0.2, 0.25) is 0 Å². The fraction of sp³-hybridized carbons (Fsp3) is 0.300. The van der Waals surface area contributed by atoms with Crippen LogP contribution >= 0.6 is 0 Å². The third-order valence-corrected chi connectivity index (χ3v) is 7.15. The Morgan fingerprint density at radius 1 is 1.07 bits per heavy atom. The normalized spacial score (nSPS) is 19.5. The number of hydrogen-bond acceptors (Lipinski definition) is 4. The smallest absolute Gasteiger partial charge is 0.272 e. The lowest BCUT2D eigenvalue weighted by Gasteiger charge is -2.36. The summed E-state index contributed by atoms with van der Waals surface area (Å²) in [5.41, 5.74) is 1.38. The average molecular weight is 401 g/mol. The molecule has 28 heavy (non-hydrogen) atoms. The number of nitrogens with zero attached hydrogens (tertiary/aromatic N) is 2. The van der Waals surface area contributed by atoms with E-state index >= 15 is 0 Å². The van der Waals surface area contributed by atoms with E-state index in [1.54, 1.807) is 0 Å². The molecule has 2 aliphatic heterocycles. The number of benzene rings is 2. The summed E-state index contributed by atoms with van der Waals surface area (Å²) in [5.74, 6) is -1.02. The van der Waals surface area contributed by atoms with Crippen LogP contribution in [0, 0.1) is 12.7 Å². The predicted octanol–water partition coefficient (Wildman–Crippen LogP) is 2.23. The highest BCUT2D eigenvalue weighted by Crippen LogP contribution is 2.31. The molecular weight excluding hydrogens is 381 g/mol. The monoisotopic (exact) mass is 401 g/mol. The highest BCUT2D eigenvalue weighted by atomic mass is 32.2. The second-order valence-electron chi connectivity index (χ2n) is 7.15. The Balaban J connectivity index is 1.55. The SMILES string of the molecule is Cc1ccc(C2=NC3(CCN(S(=O)(=O)c4ccccc4F)CC3)NC2=O)cc1. The van der Waals surface area contributed by atoms with Crippen LogP contribution in [0.5, 0.6) is 0 Å². The van der Waals surface area contributed by atoms with Crippen molar-refractivity contribution in [3.05, 3.63) is 65.5 Å². The molecule has 6 nitrogen and oxygen atoms in total. The van der Waals surface area contributed by atoms with E-state index in [1.165, 1.54) is 22.5 Å². The summed E-state index contributed by atoms with van der Waals surface area (Å²) in [4.78, 5) is 16.8. The van der Waals surface area contributed by atoms with Gasteiger partial charge in [0.15, 0.2) is 0 Å². The van der Waals surface area contributed by atoms with Gasteiger partial charge >= 0.3 is 0 Å². The molecule has 2 aromatic carbocycles. The van der Waals surface area contributed by atoms with Gasteiger partial charge in [0, 0.05) is 31.5 Å². The van der Waals surface area contributed by atoms with Crippen molar-refractivity contribution in [1.82, 2.24) is 9.62 Å². The highest BCUT2D eigenvalue weighted by Gasteiger charge is 2.44. The molecular formula is C20H20FN3O3S. The van der Waals surface area contributed by atoms with E-state index in [2.05, 4.69) is 10.3 Å². The van der Waals surface area contributed by atoms with Crippen LogP contribution in [0.1, 0.15) is 24.0 Å². The van der Waals surface area contributed by atoms with Crippen LogP contribution in [0.25, 0.3) is 0 Å². The van der Waals surface area contributed by atoms with Crippen LogP contribution in [0.15, 0.2) is 58.4 Å². The Hall–Kier alpha value is -2.58. The van der Waals surface area contributed by atoms with E-state index in [0.717, 1.165) is 17.2 Å². The zero-order chi connectivity index (χ0) is 19.9. The molecule has 4 rings (SSSR count). The number of piperidine rings is 1. The van der Waals surface area contributed by atoms with Gasteiger partial charge in [0.25, 0.3) is 5.91 Å². The molecule has 1 fully saturated rings. The molecule has 0 unspecified atom stereocenters. The number of hydrogen-bond donors (Lipinski definition) is 1. The van der Waals surface area contributed by atoms with Crippen LogP contribution < -0.4 is 5.32 Å². The Bertz CT molecular complexity index is 1060. The minimum absolute atomic E-state index is 0.154. The molecule has 146 valence electrons. The molecule has 2 aromatic rings. The fourth-order valence-corrected chi connectivity index (χ4v) is 5.10. The van der Waals surface area contributed by atoms with Crippen LogP contribution in [0.4, 0.5) is 4.39 Å². The first-order valence-electron chi connectivity index (χ1n) is 9.05. The van der Waals surface area contributed by atoms with Crippen LogP contribution in [0.3, 0.4) is 0 Å². The fourth-order valence-electron chi connectivity index (χ4n) is 3.60. The first-order valence-corrected chi connectivity index (χ1v) is 10.5. The standard InChI is InChI=1S/C20H20FN3O3S/c1-14-6-8-15(9-7-14)18-19(25)23-20(22-18)10-12-24(13-11-20)28(26,27)17-5-3-2-4-16(17)21/h2-9H,10-13H2,1H3,(H,23,25). The molecule has 0 bridgehead atoms. The summed E-state index contributed by atoms with van der Waals surface area (Å²) < 4.78 is 40.7. The van der Waals surface area contributed by atoms with E-state index in [4.69, 9.17) is 0 Å². The van der Waals surface area contributed by atoms with Gasteiger partial charge in [-0.05, 0) is 19.1 Å². The van der Waals surface area contributed by atoms with Gasteiger partial charge in [0.1, 0.15) is 22.1 Å². The third-order valence-electron chi connectivity index (χ3n) is 5.22. The van der Waals surface area contributed by atoms with Gasteiger partial charge < -0.3 is 5.32 Å². The molecule has 0 saturated carbocycles. The Labute approximate surface area is 163 Å². The minimum Gasteiger partial charge on any atom is -0.326 e. The molecule has 1 saturated heterocycles. The maximum atomic E-state index is 14.0. The van der Waals surface area contributed by atoms with E-state index in [1.807, 2.05) is 31.2 Å². The van der Waals surface area contributed by atoms with Crippen LogP contribution in [-0.4, -0.2) is 43.1 Å². The number of carbonyl (C=O) groups excluding carboxylic acids is 1. The van der Waals surface area contributed by atoms with Gasteiger partial charge in [0.05, 0.1) is 0 Å². The van der Waals surface area contributed by atoms with Gasteiger partial charge in [0.2, 0.25) is 10.0 Å². The largest absolute Gasteiger partial charge is 0.326 e. The molecule has 0 aromatic heterocycles. The molecule has 0 atom stereocenters. The molecule has 1 spiro atoms. The Kier molecular flexibility index (Phi) is 4.55. The quantitative estimate of drug-likeness (QED) is 0.857. The molecule has 2 heterocycles. The zero-order valence-corrected chi connectivity index (χ0v) is 16.2. The lowest BCUT2D eigenvalue weighted by Crippen LogP contribution is -2.52. The van der Waals surface area contributed by atoms with Crippen LogP contribution in [-0.2, 0) is 14.8 Å². The maximum Gasteiger partial charge on any atom is 0.272 e. The molecule has 1 N–H and O–H groups in total. The summed E-state index contributed by atoms with van der Waals surface area (Å²) in [6.07, 6.45) is 0.670. The average Bonchev–Trinajstić information content (AvgIpc) is 2.98. The van der Waals surface area contributed by atoms with Crippen molar-refractivity contribution in [2.24, 2.45) is 4.99 Å². The van der Waals surface area contributed by atoms with Gasteiger partial charge in [-0.1, -0.05) is 42.0 Å². The molecule has 8 heteroatoms. The van der Waals surface area contributed by atoms with Crippen molar-refractivity contribution in [3.63, 3.8) is 0 Å². The molecule has 0 aliphatic carbocycles. The number of halogens is 1. The Morgan fingerprint density at radius 3 is 2.36 bits per heavy atom. The zero-order valence-electron chi connectivity index (χ0n) is 15.4. The topological polar surface area (TPSA) is 78.8 Å². The summed E-state index contributed by atoms with van der Waals surface area (Å²) in [6.45, 7) is 2.27. The summed E-state index contributed by atoms with van der Waals surface area (Å²) in [5, 5.41) is 2.92. The summed E-state index contributed by atoms with van der Waals surface area (Å²) in [7, 11) is -3.93. The van der Waals surface area contributed by atoms with Crippen molar-refractivity contribution in [2.45, 2.75) is 30.3 Å². The Morgan fingerprint density at radius 2 is 1.71 bits per heavy atom. The van der Waals surface area contributed by atoms with E-state index in [-0.39, 0.29) is 23.9 Å². The maximum absolute atomic E-state index is 14.0. The van der Waals surface area contributed by atoms with Gasteiger partial charge in [-0.2, -0.15) is 4.31 Å². The van der Waals surface area contributed by atoms with Crippen molar-refractivity contribution in [2.75, 3.05) is 13.1 Å². The van der Waals surface area contributed by atoms with E-state index < -0.39 is 21.5 Å². The minimum atomic E-state index is -3.93. The predicted molar refractivity (Wildman–Crippen MR) is 103 cm³/mol. The van der Waals surface area contributed by atoms with Crippen molar-refractivity contribution in [3.8, 4) is 0 Å². The highest BCUT2D eigenvalue weighted by molar-refractivity contribution is 7.89. The number of rotatable bonds is 3. The van der Waals surface area contributed by atoms with E-state index in [9.17, 15) is 17.6 Å². The van der Waals surface area contributed by atoms with Crippen molar-refractivity contribution >= 4 is 21.6 Å². The van der Waals surface area contributed by atoms with Crippen molar-refractivity contribution in [1.29, 1.82) is 0 Å². The first kappa shape index (κ1) is 18.8. The number of carbonyl (C=O) groups is 1. The second-order valence-corrected chi connectivity index (χ2v) is 9.05. The number of aliphatic imine (C=N–C) groups is 1. The van der Waals surface area contributed by atoms with Gasteiger partial charge in [-0.15, -0.1) is 0 Å². The van der Waals surface area contributed by atoms with Crippen molar-refractivity contribution < 1.29 is 17.6 Å². The number of amides is 1. The molecule has 0 radical (unpaired) electrons. The lowest BCUT2D eigenvalue weighted by atomic mass is 10.00. The van der Waals surface area contributed by atoms with Gasteiger partial charge in [-0.3, -0.25) is 9.79 Å². The lowest BCUT2D eigenvalue weighted by molar-refractivity contribution is -0.115.